The van der Waals surface area contributed by atoms with E-state index in [0.717, 1.165) is 0 Å². The molecule has 18 heavy (non-hydrogen) atoms. The van der Waals surface area contributed by atoms with Crippen molar-refractivity contribution in [3.8, 4) is 0 Å². The Morgan fingerprint density at radius 1 is 1.50 bits per heavy atom. The molecule has 1 saturated heterocycles. The van der Waals surface area contributed by atoms with Crippen LogP contribution in [-0.2, 0) is 4.74 Å². The molecule has 0 aromatic carbocycles. The number of aliphatic hydroxyl groups is 2. The normalized spacial score (nSPS) is 28.1. The van der Waals surface area contributed by atoms with E-state index in [1.165, 1.54) is 6.33 Å². The molecule has 0 bridgehead atoms. The number of halogens is 1. The summed E-state index contributed by atoms with van der Waals surface area (Å²) >= 11 is 5.91. The third-order valence-electron chi connectivity index (χ3n) is 2.97. The molecule has 96 valence electrons. The molecule has 2 aromatic heterocycles. The first kappa shape index (κ1) is 11.8. The Morgan fingerprint density at radius 2 is 2.33 bits per heavy atom. The van der Waals surface area contributed by atoms with Crippen LogP contribution in [0.2, 0.25) is 5.15 Å². The molecule has 2 aromatic rings. The van der Waals surface area contributed by atoms with Crippen LogP contribution in [-0.4, -0.2) is 49.0 Å². The summed E-state index contributed by atoms with van der Waals surface area (Å²) in [5.41, 5.74) is 0.996. The van der Waals surface area contributed by atoms with Crippen molar-refractivity contribution in [3.63, 3.8) is 0 Å². The predicted octanol–water partition coefficient (Wildman–Crippen LogP) is 0.190. The number of rotatable bonds is 2. The molecular weight excluding hydrogens is 260 g/mol. The molecule has 1 aliphatic rings. The minimum absolute atomic E-state index is 0.224. The molecule has 0 spiro atoms. The van der Waals surface area contributed by atoms with Crippen LogP contribution in [0.3, 0.4) is 0 Å². The van der Waals surface area contributed by atoms with Crippen LogP contribution in [0.4, 0.5) is 0 Å². The van der Waals surface area contributed by atoms with E-state index in [1.54, 1.807) is 0 Å². The van der Waals surface area contributed by atoms with Gasteiger partial charge in [0.25, 0.3) is 0 Å². The fourth-order valence-electron chi connectivity index (χ4n) is 2.04. The molecule has 1 fully saturated rings. The van der Waals surface area contributed by atoms with Crippen molar-refractivity contribution < 1.29 is 14.9 Å². The van der Waals surface area contributed by atoms with E-state index in [1.807, 2.05) is 0 Å². The standard InChI is InChI=1S/C10H11ClN4O3/c11-8-7-10(13-3-12-8)15-9(14-7)5-1-4(17)6(2-16)18-5/h3-6,16-17H,1-2H2,(H,12,13,14,15)/t4-,5?,6+/m0/s1. The maximum atomic E-state index is 9.67. The van der Waals surface area contributed by atoms with Gasteiger partial charge < -0.3 is 19.9 Å². The topological polar surface area (TPSA) is 104 Å². The number of fused-ring (bicyclic) bond motifs is 1. The van der Waals surface area contributed by atoms with Crippen LogP contribution in [0, 0.1) is 0 Å². The number of nitrogens with zero attached hydrogens (tertiary/aromatic N) is 3. The highest BCUT2D eigenvalue weighted by molar-refractivity contribution is 6.33. The molecule has 1 unspecified atom stereocenters. The quantitative estimate of drug-likeness (QED) is 0.673. The number of aromatic amines is 1. The molecule has 0 amide bonds. The largest absolute Gasteiger partial charge is 0.394 e. The van der Waals surface area contributed by atoms with Crippen molar-refractivity contribution in [2.45, 2.75) is 24.7 Å². The average molecular weight is 271 g/mol. The van der Waals surface area contributed by atoms with Crippen molar-refractivity contribution in [1.82, 2.24) is 19.9 Å². The fourth-order valence-corrected chi connectivity index (χ4v) is 2.21. The van der Waals surface area contributed by atoms with Crippen molar-refractivity contribution >= 4 is 22.8 Å². The number of hydrogen-bond donors (Lipinski definition) is 3. The van der Waals surface area contributed by atoms with Crippen LogP contribution in [0.5, 0.6) is 0 Å². The van der Waals surface area contributed by atoms with Crippen molar-refractivity contribution in [1.29, 1.82) is 0 Å². The van der Waals surface area contributed by atoms with Gasteiger partial charge in [0, 0.05) is 6.42 Å². The molecule has 3 heterocycles. The fraction of sp³-hybridized carbons (Fsp3) is 0.500. The van der Waals surface area contributed by atoms with E-state index < -0.39 is 18.3 Å². The molecule has 3 rings (SSSR count). The van der Waals surface area contributed by atoms with Crippen LogP contribution >= 0.6 is 11.6 Å². The number of hydrogen-bond acceptors (Lipinski definition) is 6. The second kappa shape index (κ2) is 4.43. The summed E-state index contributed by atoms with van der Waals surface area (Å²) in [6.45, 7) is -0.224. The summed E-state index contributed by atoms with van der Waals surface area (Å²) in [4.78, 5) is 15.1. The average Bonchev–Trinajstić information content (AvgIpc) is 2.93. The Hall–Kier alpha value is -1.28. The number of imidazole rings is 1. The lowest BCUT2D eigenvalue weighted by atomic mass is 10.1. The molecular formula is C10H11ClN4O3. The van der Waals surface area contributed by atoms with Crippen molar-refractivity contribution in [2.75, 3.05) is 6.61 Å². The third-order valence-corrected chi connectivity index (χ3v) is 3.26. The van der Waals surface area contributed by atoms with Crippen LogP contribution in [0.15, 0.2) is 6.33 Å². The first-order chi connectivity index (χ1) is 8.69. The number of aromatic nitrogens is 4. The lowest BCUT2D eigenvalue weighted by Gasteiger charge is -2.09. The second-order valence-electron chi connectivity index (χ2n) is 4.13. The number of ether oxygens (including phenoxy) is 1. The van der Waals surface area contributed by atoms with Gasteiger partial charge in [0.2, 0.25) is 0 Å². The second-order valence-corrected chi connectivity index (χ2v) is 4.49. The maximum absolute atomic E-state index is 9.67. The van der Waals surface area contributed by atoms with Crippen molar-refractivity contribution in [3.05, 3.63) is 17.3 Å². The van der Waals surface area contributed by atoms with E-state index in [9.17, 15) is 5.11 Å². The first-order valence-electron chi connectivity index (χ1n) is 5.49. The Kier molecular flexibility index (Phi) is 2.90. The van der Waals surface area contributed by atoms with Gasteiger partial charge in [-0.25, -0.2) is 15.0 Å². The molecule has 7 nitrogen and oxygen atoms in total. The van der Waals surface area contributed by atoms with Gasteiger partial charge in [0.05, 0.1) is 12.7 Å². The highest BCUT2D eigenvalue weighted by atomic mass is 35.5. The summed E-state index contributed by atoms with van der Waals surface area (Å²) in [6.07, 6.45) is 0.0219. The number of H-pyrrole nitrogens is 1. The van der Waals surface area contributed by atoms with E-state index in [0.29, 0.717) is 23.4 Å². The lowest BCUT2D eigenvalue weighted by Crippen LogP contribution is -2.24. The molecule has 1 aliphatic heterocycles. The minimum Gasteiger partial charge on any atom is -0.394 e. The highest BCUT2D eigenvalue weighted by Gasteiger charge is 2.36. The van der Waals surface area contributed by atoms with E-state index in [4.69, 9.17) is 21.4 Å². The summed E-state index contributed by atoms with van der Waals surface area (Å²) in [5.74, 6) is 0.530. The molecule has 0 saturated carbocycles. The van der Waals surface area contributed by atoms with Gasteiger partial charge in [-0.2, -0.15) is 0 Å². The Morgan fingerprint density at radius 3 is 3.00 bits per heavy atom. The van der Waals surface area contributed by atoms with Crippen molar-refractivity contribution in [2.24, 2.45) is 0 Å². The summed E-state index contributed by atoms with van der Waals surface area (Å²) < 4.78 is 5.49. The predicted molar refractivity (Wildman–Crippen MR) is 62.0 cm³/mol. The zero-order valence-electron chi connectivity index (χ0n) is 9.25. The Bertz CT molecular complexity index is 575. The van der Waals surface area contributed by atoms with E-state index >= 15 is 0 Å². The molecule has 3 N–H and O–H groups in total. The lowest BCUT2D eigenvalue weighted by molar-refractivity contribution is -0.0244. The van der Waals surface area contributed by atoms with Gasteiger partial charge >= 0.3 is 0 Å². The van der Waals surface area contributed by atoms with Gasteiger partial charge in [-0.3, -0.25) is 0 Å². The highest BCUT2D eigenvalue weighted by Crippen LogP contribution is 2.32. The Labute approximate surface area is 107 Å². The van der Waals surface area contributed by atoms with Crippen LogP contribution in [0.1, 0.15) is 18.3 Å². The maximum Gasteiger partial charge on any atom is 0.182 e. The minimum atomic E-state index is -0.699. The molecule has 3 atom stereocenters. The van der Waals surface area contributed by atoms with Gasteiger partial charge in [-0.05, 0) is 0 Å². The van der Waals surface area contributed by atoms with Crippen LogP contribution < -0.4 is 0 Å². The molecule has 8 heteroatoms. The molecule has 0 aliphatic carbocycles. The summed E-state index contributed by atoms with van der Waals surface area (Å²) in [7, 11) is 0. The van der Waals surface area contributed by atoms with Gasteiger partial charge in [-0.15, -0.1) is 0 Å². The van der Waals surface area contributed by atoms with Crippen LogP contribution in [0.25, 0.3) is 11.2 Å². The Balaban J connectivity index is 1.94. The van der Waals surface area contributed by atoms with Gasteiger partial charge in [-0.1, -0.05) is 11.6 Å². The first-order valence-corrected chi connectivity index (χ1v) is 5.87. The van der Waals surface area contributed by atoms with E-state index in [2.05, 4.69) is 19.9 Å². The molecule has 0 radical (unpaired) electrons. The number of aliphatic hydroxyl groups excluding tert-OH is 2. The van der Waals surface area contributed by atoms with Gasteiger partial charge in [0.1, 0.15) is 29.9 Å². The zero-order chi connectivity index (χ0) is 12.7. The SMILES string of the molecule is OC[C@H]1OC(c2nc3ncnc(Cl)c3[nH]2)C[C@@H]1O. The number of nitrogens with one attached hydrogen (secondary N) is 1. The van der Waals surface area contributed by atoms with E-state index in [-0.39, 0.29) is 11.8 Å². The summed E-state index contributed by atoms with van der Waals surface area (Å²) in [6, 6.07) is 0. The monoisotopic (exact) mass is 270 g/mol. The van der Waals surface area contributed by atoms with Gasteiger partial charge in [0.15, 0.2) is 10.8 Å². The summed E-state index contributed by atoms with van der Waals surface area (Å²) in [5, 5.41) is 19.0. The zero-order valence-corrected chi connectivity index (χ0v) is 10.0. The smallest absolute Gasteiger partial charge is 0.182 e. The third kappa shape index (κ3) is 1.85.